The quantitative estimate of drug-likeness (QED) is 0.815. The molecule has 0 bridgehead atoms. The summed E-state index contributed by atoms with van der Waals surface area (Å²) in [6.45, 7) is 2.20. The van der Waals surface area contributed by atoms with Crippen molar-refractivity contribution in [1.82, 2.24) is 4.90 Å². The highest BCUT2D eigenvalue weighted by Crippen LogP contribution is 2.34. The van der Waals surface area contributed by atoms with Crippen molar-refractivity contribution in [1.29, 1.82) is 0 Å². The van der Waals surface area contributed by atoms with E-state index in [-0.39, 0.29) is 11.1 Å². The molecule has 0 N–H and O–H groups in total. The van der Waals surface area contributed by atoms with Crippen molar-refractivity contribution in [2.45, 2.75) is 19.1 Å². The lowest BCUT2D eigenvalue weighted by Crippen LogP contribution is -2.36. The standard InChI is InChI=1S/C17H15NO2S/c1-17(14-10-6-3-7-11-14)15(19)18(16(21)20-17)12-13-8-4-2-5-9-13/h2-11H,12H2,1H3. The number of benzene rings is 2. The number of carbonyl (C=O) groups is 1. The Balaban J connectivity index is 1.89. The Bertz CT molecular complexity index is 672. The molecule has 2 aromatic carbocycles. The maximum Gasteiger partial charge on any atom is 0.279 e. The topological polar surface area (TPSA) is 29.5 Å². The van der Waals surface area contributed by atoms with E-state index in [0.717, 1.165) is 11.1 Å². The van der Waals surface area contributed by atoms with E-state index in [9.17, 15) is 4.79 Å². The maximum atomic E-state index is 12.8. The molecule has 0 radical (unpaired) electrons. The highest BCUT2D eigenvalue weighted by Gasteiger charge is 2.49. The number of hydrogen-bond acceptors (Lipinski definition) is 3. The SMILES string of the molecule is CC1(c2ccccc2)OC(=S)N(Cc2ccccc2)C1=O. The molecule has 3 rings (SSSR count). The van der Waals surface area contributed by atoms with Gasteiger partial charge in [-0.05, 0) is 24.7 Å². The summed E-state index contributed by atoms with van der Waals surface area (Å²) >= 11 is 5.25. The van der Waals surface area contributed by atoms with Crippen LogP contribution in [0.5, 0.6) is 0 Å². The number of nitrogens with zero attached hydrogens (tertiary/aromatic N) is 1. The van der Waals surface area contributed by atoms with E-state index < -0.39 is 5.60 Å². The van der Waals surface area contributed by atoms with E-state index in [0.29, 0.717) is 6.54 Å². The van der Waals surface area contributed by atoms with Crippen molar-refractivity contribution in [2.75, 3.05) is 0 Å². The molecule has 0 saturated carbocycles. The van der Waals surface area contributed by atoms with Gasteiger partial charge >= 0.3 is 0 Å². The molecule has 1 aliphatic heterocycles. The number of amides is 1. The van der Waals surface area contributed by atoms with Crippen LogP contribution in [0.3, 0.4) is 0 Å². The van der Waals surface area contributed by atoms with Crippen molar-refractivity contribution in [2.24, 2.45) is 0 Å². The fourth-order valence-corrected chi connectivity index (χ4v) is 2.77. The van der Waals surface area contributed by atoms with Crippen LogP contribution in [0.25, 0.3) is 0 Å². The second-order valence-electron chi connectivity index (χ2n) is 5.14. The van der Waals surface area contributed by atoms with Gasteiger partial charge in [0.05, 0.1) is 6.54 Å². The molecule has 1 atom stereocenters. The van der Waals surface area contributed by atoms with Crippen LogP contribution in [0.15, 0.2) is 60.7 Å². The first kappa shape index (κ1) is 13.8. The summed E-state index contributed by atoms with van der Waals surface area (Å²) in [7, 11) is 0. The lowest BCUT2D eigenvalue weighted by atomic mass is 9.95. The van der Waals surface area contributed by atoms with Gasteiger partial charge in [-0.25, -0.2) is 0 Å². The van der Waals surface area contributed by atoms with Crippen LogP contribution in [0.4, 0.5) is 0 Å². The summed E-state index contributed by atoms with van der Waals surface area (Å²) in [6.07, 6.45) is 0. The average Bonchev–Trinajstić information content (AvgIpc) is 2.74. The van der Waals surface area contributed by atoms with Gasteiger partial charge in [0.2, 0.25) is 5.60 Å². The zero-order valence-corrected chi connectivity index (χ0v) is 12.5. The normalized spacial score (nSPS) is 21.5. The number of thiocarbonyl (C=S) groups is 1. The Morgan fingerprint density at radius 3 is 2.24 bits per heavy atom. The van der Waals surface area contributed by atoms with Crippen LogP contribution in [0.2, 0.25) is 0 Å². The van der Waals surface area contributed by atoms with Gasteiger partial charge in [0.1, 0.15) is 0 Å². The van der Waals surface area contributed by atoms with E-state index in [2.05, 4.69) is 0 Å². The first-order chi connectivity index (χ1) is 10.1. The maximum absolute atomic E-state index is 12.8. The largest absolute Gasteiger partial charge is 0.449 e. The Kier molecular flexibility index (Phi) is 3.47. The molecule has 4 heteroatoms. The lowest BCUT2D eigenvalue weighted by Gasteiger charge is -2.20. The van der Waals surface area contributed by atoms with Gasteiger partial charge in [-0.2, -0.15) is 0 Å². The van der Waals surface area contributed by atoms with E-state index in [1.807, 2.05) is 60.7 Å². The molecule has 1 saturated heterocycles. The predicted molar refractivity (Wildman–Crippen MR) is 84.5 cm³/mol. The van der Waals surface area contributed by atoms with Crippen LogP contribution in [-0.4, -0.2) is 16.0 Å². The van der Waals surface area contributed by atoms with E-state index in [1.54, 1.807) is 6.92 Å². The Labute approximate surface area is 129 Å². The molecule has 2 aromatic rings. The molecule has 0 aliphatic carbocycles. The van der Waals surface area contributed by atoms with Crippen molar-refractivity contribution >= 4 is 23.3 Å². The summed E-state index contributed by atoms with van der Waals surface area (Å²) < 4.78 is 5.74. The van der Waals surface area contributed by atoms with Crippen molar-refractivity contribution < 1.29 is 9.53 Å². The second-order valence-corrected chi connectivity index (χ2v) is 5.49. The third-order valence-electron chi connectivity index (χ3n) is 3.67. The van der Waals surface area contributed by atoms with Crippen LogP contribution in [0.1, 0.15) is 18.1 Å². The minimum absolute atomic E-state index is 0.123. The van der Waals surface area contributed by atoms with Gasteiger partial charge in [0.25, 0.3) is 11.1 Å². The molecule has 21 heavy (non-hydrogen) atoms. The predicted octanol–water partition coefficient (Wildman–Crippen LogP) is 3.25. The summed E-state index contributed by atoms with van der Waals surface area (Å²) in [5.41, 5.74) is 0.801. The van der Waals surface area contributed by atoms with E-state index >= 15 is 0 Å². The molecule has 1 amide bonds. The molecule has 1 unspecified atom stereocenters. The molecule has 1 fully saturated rings. The molecule has 3 nitrogen and oxygen atoms in total. The molecule has 1 aliphatic rings. The summed E-state index contributed by atoms with van der Waals surface area (Å²) in [5, 5.41) is 0.232. The summed E-state index contributed by atoms with van der Waals surface area (Å²) in [6, 6.07) is 19.2. The van der Waals surface area contributed by atoms with Gasteiger partial charge in [0.15, 0.2) is 0 Å². The van der Waals surface area contributed by atoms with Crippen LogP contribution in [0, 0.1) is 0 Å². The van der Waals surface area contributed by atoms with Crippen molar-refractivity contribution in [3.05, 3.63) is 71.8 Å². The zero-order valence-electron chi connectivity index (χ0n) is 11.7. The molecule has 0 spiro atoms. The number of hydrogen-bond donors (Lipinski definition) is 0. The van der Waals surface area contributed by atoms with Gasteiger partial charge < -0.3 is 4.74 Å². The van der Waals surface area contributed by atoms with Crippen LogP contribution >= 0.6 is 12.2 Å². The minimum Gasteiger partial charge on any atom is -0.449 e. The fourth-order valence-electron chi connectivity index (χ4n) is 2.45. The first-order valence-electron chi connectivity index (χ1n) is 6.75. The Morgan fingerprint density at radius 1 is 1.05 bits per heavy atom. The number of carbonyl (C=O) groups excluding carboxylic acids is 1. The lowest BCUT2D eigenvalue weighted by molar-refractivity contribution is -0.136. The van der Waals surface area contributed by atoms with Gasteiger partial charge in [0, 0.05) is 5.56 Å². The van der Waals surface area contributed by atoms with Crippen LogP contribution < -0.4 is 0 Å². The summed E-state index contributed by atoms with van der Waals surface area (Å²) in [5.74, 6) is -0.123. The second kappa shape index (κ2) is 5.30. The fraction of sp³-hybridized carbons (Fsp3) is 0.176. The Hall–Kier alpha value is -2.20. The highest BCUT2D eigenvalue weighted by atomic mass is 32.1. The first-order valence-corrected chi connectivity index (χ1v) is 7.16. The smallest absolute Gasteiger partial charge is 0.279 e. The monoisotopic (exact) mass is 297 g/mol. The van der Waals surface area contributed by atoms with Crippen LogP contribution in [-0.2, 0) is 21.7 Å². The van der Waals surface area contributed by atoms with Crippen molar-refractivity contribution in [3.63, 3.8) is 0 Å². The number of rotatable bonds is 3. The average molecular weight is 297 g/mol. The third-order valence-corrected chi connectivity index (χ3v) is 3.98. The molecular weight excluding hydrogens is 282 g/mol. The zero-order chi connectivity index (χ0) is 14.9. The number of ether oxygens (including phenoxy) is 1. The van der Waals surface area contributed by atoms with Crippen molar-refractivity contribution in [3.8, 4) is 0 Å². The highest BCUT2D eigenvalue weighted by molar-refractivity contribution is 7.80. The molecule has 0 aromatic heterocycles. The van der Waals surface area contributed by atoms with E-state index in [4.69, 9.17) is 17.0 Å². The minimum atomic E-state index is -1.03. The summed E-state index contributed by atoms with van der Waals surface area (Å²) in [4.78, 5) is 14.3. The third kappa shape index (κ3) is 2.43. The van der Waals surface area contributed by atoms with Gasteiger partial charge in [-0.1, -0.05) is 60.7 Å². The van der Waals surface area contributed by atoms with Gasteiger partial charge in [-0.15, -0.1) is 0 Å². The van der Waals surface area contributed by atoms with Gasteiger partial charge in [-0.3, -0.25) is 9.69 Å². The van der Waals surface area contributed by atoms with E-state index in [1.165, 1.54) is 4.90 Å². The molecule has 1 heterocycles. The molecular formula is C17H15NO2S. The molecule has 106 valence electrons. The Morgan fingerprint density at radius 2 is 1.62 bits per heavy atom.